The van der Waals surface area contributed by atoms with Gasteiger partial charge in [-0.3, -0.25) is 0 Å². The van der Waals surface area contributed by atoms with Crippen molar-refractivity contribution in [3.63, 3.8) is 0 Å². The van der Waals surface area contributed by atoms with Crippen molar-refractivity contribution in [2.24, 2.45) is 11.7 Å². The number of sulfonamides is 1. The van der Waals surface area contributed by atoms with Gasteiger partial charge in [-0.25, -0.2) is 8.42 Å². The number of aryl methyl sites for hydroxylation is 1. The average molecular weight is 293 g/mol. The molecular weight excluding hydrogens is 274 g/mol. The van der Waals surface area contributed by atoms with Gasteiger partial charge in [0.25, 0.3) is 0 Å². The van der Waals surface area contributed by atoms with Gasteiger partial charge in [-0.15, -0.1) is 0 Å². The first kappa shape index (κ1) is 15.0. The fourth-order valence-electron chi connectivity index (χ4n) is 2.49. The van der Waals surface area contributed by atoms with Gasteiger partial charge in [0.2, 0.25) is 10.0 Å². The van der Waals surface area contributed by atoms with Gasteiger partial charge < -0.3 is 5.73 Å². The maximum absolute atomic E-state index is 12.7. The molecule has 6 heteroatoms. The van der Waals surface area contributed by atoms with Crippen molar-refractivity contribution >= 4 is 10.0 Å². The summed E-state index contributed by atoms with van der Waals surface area (Å²) < 4.78 is 26.8. The fraction of sp³-hybridized carbons (Fsp3) is 0.500. The normalized spacial score (nSPS) is 21.6. The van der Waals surface area contributed by atoms with Gasteiger partial charge in [0.1, 0.15) is 0 Å². The lowest BCUT2D eigenvalue weighted by atomic mass is 10.0. The summed E-state index contributed by atoms with van der Waals surface area (Å²) >= 11 is 0. The van der Waals surface area contributed by atoms with Crippen molar-refractivity contribution in [1.29, 1.82) is 5.26 Å². The van der Waals surface area contributed by atoms with Gasteiger partial charge in [0, 0.05) is 19.1 Å². The van der Waals surface area contributed by atoms with Gasteiger partial charge in [-0.05, 0) is 43.9 Å². The summed E-state index contributed by atoms with van der Waals surface area (Å²) in [6.07, 6.45) is 0.786. The van der Waals surface area contributed by atoms with Crippen LogP contribution in [0.3, 0.4) is 0 Å². The number of benzene rings is 1. The van der Waals surface area contributed by atoms with E-state index >= 15 is 0 Å². The number of nitriles is 1. The van der Waals surface area contributed by atoms with Crippen molar-refractivity contribution < 1.29 is 8.42 Å². The molecule has 2 unspecified atom stereocenters. The predicted octanol–water partition coefficient (Wildman–Crippen LogP) is 1.22. The van der Waals surface area contributed by atoms with E-state index in [4.69, 9.17) is 11.0 Å². The molecular formula is C14H19N3O2S. The number of hydrogen-bond donors (Lipinski definition) is 1. The van der Waals surface area contributed by atoms with Gasteiger partial charge in [0.15, 0.2) is 0 Å². The van der Waals surface area contributed by atoms with Gasteiger partial charge in [-0.1, -0.05) is 6.07 Å². The fourth-order valence-corrected chi connectivity index (χ4v) is 4.25. The molecule has 0 amide bonds. The first-order valence-electron chi connectivity index (χ1n) is 6.62. The second-order valence-corrected chi connectivity index (χ2v) is 7.27. The van der Waals surface area contributed by atoms with Crippen LogP contribution in [0.15, 0.2) is 23.1 Å². The zero-order valence-electron chi connectivity index (χ0n) is 11.7. The maximum atomic E-state index is 12.7. The molecule has 0 radical (unpaired) electrons. The highest BCUT2D eigenvalue weighted by Crippen LogP contribution is 2.27. The van der Waals surface area contributed by atoms with Crippen LogP contribution in [-0.2, 0) is 10.0 Å². The van der Waals surface area contributed by atoms with Crippen LogP contribution in [0, 0.1) is 24.2 Å². The summed E-state index contributed by atoms with van der Waals surface area (Å²) in [4.78, 5) is 0.224. The summed E-state index contributed by atoms with van der Waals surface area (Å²) in [7, 11) is -3.54. The Morgan fingerprint density at radius 2 is 2.20 bits per heavy atom. The minimum atomic E-state index is -3.54. The molecule has 1 aromatic carbocycles. The Labute approximate surface area is 120 Å². The molecule has 0 saturated carbocycles. The van der Waals surface area contributed by atoms with Crippen molar-refractivity contribution in [1.82, 2.24) is 4.31 Å². The Bertz CT molecular complexity index is 647. The third-order valence-electron chi connectivity index (χ3n) is 3.87. The van der Waals surface area contributed by atoms with Gasteiger partial charge >= 0.3 is 0 Å². The van der Waals surface area contributed by atoms with E-state index in [1.54, 1.807) is 19.1 Å². The largest absolute Gasteiger partial charge is 0.328 e. The molecule has 0 aromatic heterocycles. The molecule has 1 fully saturated rings. The summed E-state index contributed by atoms with van der Waals surface area (Å²) in [5.74, 6) is 0.198. The van der Waals surface area contributed by atoms with E-state index < -0.39 is 10.0 Å². The SMILES string of the molecule is Cc1ccc(C#N)cc1S(=O)(=O)N1CCC(C(C)N)C1. The zero-order valence-corrected chi connectivity index (χ0v) is 12.5. The van der Waals surface area contributed by atoms with E-state index in [9.17, 15) is 8.42 Å². The van der Waals surface area contributed by atoms with E-state index in [-0.39, 0.29) is 16.9 Å². The molecule has 1 saturated heterocycles. The Morgan fingerprint density at radius 1 is 1.50 bits per heavy atom. The Hall–Kier alpha value is -1.42. The van der Waals surface area contributed by atoms with Crippen LogP contribution in [0.25, 0.3) is 0 Å². The maximum Gasteiger partial charge on any atom is 0.243 e. The summed E-state index contributed by atoms with van der Waals surface area (Å²) in [6, 6.07) is 6.72. The Kier molecular flexibility index (Phi) is 4.14. The monoisotopic (exact) mass is 293 g/mol. The summed E-state index contributed by atoms with van der Waals surface area (Å²) in [5.41, 5.74) is 6.87. The molecule has 20 heavy (non-hydrogen) atoms. The highest BCUT2D eigenvalue weighted by Gasteiger charge is 2.34. The minimum absolute atomic E-state index is 0.0123. The lowest BCUT2D eigenvalue weighted by molar-refractivity contribution is 0.429. The molecule has 108 valence electrons. The number of rotatable bonds is 3. The van der Waals surface area contributed by atoms with Crippen molar-refractivity contribution in [2.45, 2.75) is 31.2 Å². The standard InChI is InChI=1S/C14H19N3O2S/c1-10-3-4-12(8-15)7-14(10)20(18,19)17-6-5-13(9-17)11(2)16/h3-4,7,11,13H,5-6,9,16H2,1-2H3. The lowest BCUT2D eigenvalue weighted by Crippen LogP contribution is -2.33. The first-order valence-corrected chi connectivity index (χ1v) is 8.06. The third-order valence-corrected chi connectivity index (χ3v) is 5.87. The molecule has 1 heterocycles. The molecule has 2 rings (SSSR count). The molecule has 1 aromatic rings. The van der Waals surface area contributed by atoms with Crippen LogP contribution < -0.4 is 5.73 Å². The topological polar surface area (TPSA) is 87.2 Å². The van der Waals surface area contributed by atoms with Gasteiger partial charge in [-0.2, -0.15) is 9.57 Å². The summed E-state index contributed by atoms with van der Waals surface area (Å²) in [5, 5.41) is 8.92. The minimum Gasteiger partial charge on any atom is -0.328 e. The van der Waals surface area contributed by atoms with Crippen LogP contribution in [-0.4, -0.2) is 31.9 Å². The first-order chi connectivity index (χ1) is 9.36. The van der Waals surface area contributed by atoms with E-state index in [1.165, 1.54) is 10.4 Å². The molecule has 0 spiro atoms. The summed E-state index contributed by atoms with van der Waals surface area (Å²) in [6.45, 7) is 4.59. The van der Waals surface area contributed by atoms with E-state index in [2.05, 4.69) is 0 Å². The molecule has 5 nitrogen and oxygen atoms in total. The highest BCUT2D eigenvalue weighted by molar-refractivity contribution is 7.89. The van der Waals surface area contributed by atoms with Crippen LogP contribution in [0.5, 0.6) is 0 Å². The molecule has 1 aliphatic heterocycles. The molecule has 0 bridgehead atoms. The second kappa shape index (κ2) is 5.52. The average Bonchev–Trinajstić information content (AvgIpc) is 2.89. The molecule has 2 atom stereocenters. The Morgan fingerprint density at radius 3 is 2.75 bits per heavy atom. The predicted molar refractivity (Wildman–Crippen MR) is 76.4 cm³/mol. The van der Waals surface area contributed by atoms with Crippen LogP contribution in [0.4, 0.5) is 0 Å². The molecule has 1 aliphatic rings. The Balaban J connectivity index is 2.35. The third kappa shape index (κ3) is 2.70. The molecule has 2 N–H and O–H groups in total. The van der Waals surface area contributed by atoms with E-state index in [0.29, 0.717) is 24.2 Å². The van der Waals surface area contributed by atoms with Crippen LogP contribution in [0.2, 0.25) is 0 Å². The van der Waals surface area contributed by atoms with E-state index in [0.717, 1.165) is 6.42 Å². The second-order valence-electron chi connectivity index (χ2n) is 5.36. The number of hydrogen-bond acceptors (Lipinski definition) is 4. The zero-order chi connectivity index (χ0) is 14.9. The molecule has 0 aliphatic carbocycles. The van der Waals surface area contributed by atoms with Crippen molar-refractivity contribution in [3.05, 3.63) is 29.3 Å². The van der Waals surface area contributed by atoms with E-state index in [1.807, 2.05) is 13.0 Å². The van der Waals surface area contributed by atoms with Crippen molar-refractivity contribution in [2.75, 3.05) is 13.1 Å². The highest BCUT2D eigenvalue weighted by atomic mass is 32.2. The quantitative estimate of drug-likeness (QED) is 0.908. The smallest absolute Gasteiger partial charge is 0.243 e. The number of nitrogens with zero attached hydrogens (tertiary/aromatic N) is 2. The number of nitrogens with two attached hydrogens (primary N) is 1. The van der Waals surface area contributed by atoms with Crippen LogP contribution in [0.1, 0.15) is 24.5 Å². The van der Waals surface area contributed by atoms with Crippen LogP contribution >= 0.6 is 0 Å². The lowest BCUT2D eigenvalue weighted by Gasteiger charge is -2.19. The van der Waals surface area contributed by atoms with Gasteiger partial charge in [0.05, 0.1) is 16.5 Å². The van der Waals surface area contributed by atoms with Crippen molar-refractivity contribution in [3.8, 4) is 6.07 Å².